The van der Waals surface area contributed by atoms with E-state index in [4.69, 9.17) is 0 Å². The number of aryl methyl sites for hydroxylation is 1. The fourth-order valence-electron chi connectivity index (χ4n) is 0.903. The van der Waals surface area contributed by atoms with Crippen molar-refractivity contribution in [3.8, 4) is 0 Å². The van der Waals surface area contributed by atoms with E-state index < -0.39 is 0 Å². The molecule has 0 unspecified atom stereocenters. The summed E-state index contributed by atoms with van der Waals surface area (Å²) in [6.45, 7) is 3.13. The smallest absolute Gasteiger partial charge is 0.126 e. The maximum atomic E-state index is 4.06. The summed E-state index contributed by atoms with van der Waals surface area (Å²) in [5.41, 5.74) is 0. The molecule has 0 amide bonds. The zero-order valence-electron chi connectivity index (χ0n) is 6.70. The van der Waals surface area contributed by atoms with Crippen LogP contribution in [0.15, 0.2) is 12.3 Å². The lowest BCUT2D eigenvalue weighted by molar-refractivity contribution is 0.741. The van der Waals surface area contributed by atoms with Gasteiger partial charge in [-0.3, -0.25) is 4.68 Å². The Balaban J connectivity index is 2.82. The minimum Gasteiger partial charge on any atom is -0.360 e. The highest BCUT2D eigenvalue weighted by atomic mass is 15.3. The molecule has 0 bridgehead atoms. The van der Waals surface area contributed by atoms with Gasteiger partial charge in [0.1, 0.15) is 5.82 Å². The van der Waals surface area contributed by atoms with Crippen LogP contribution in [0.3, 0.4) is 0 Å². The van der Waals surface area contributed by atoms with Crippen molar-refractivity contribution in [3.63, 3.8) is 0 Å². The first-order chi connectivity index (χ1) is 4.75. The van der Waals surface area contributed by atoms with Crippen LogP contribution in [-0.4, -0.2) is 23.4 Å². The van der Waals surface area contributed by atoms with Crippen molar-refractivity contribution in [2.24, 2.45) is 7.05 Å². The Hall–Kier alpha value is -0.990. The zero-order valence-corrected chi connectivity index (χ0v) is 6.70. The van der Waals surface area contributed by atoms with Gasteiger partial charge in [-0.1, -0.05) is 0 Å². The summed E-state index contributed by atoms with van der Waals surface area (Å²) in [6.07, 6.45) is 1.81. The summed E-state index contributed by atoms with van der Waals surface area (Å²) in [7, 11) is 4.00. The third-order valence-corrected chi connectivity index (χ3v) is 1.66. The Kier molecular flexibility index (Phi) is 1.94. The SMILES string of the molecule is CCN(C)c1ccnn1C. The molecule has 1 rings (SSSR count). The largest absolute Gasteiger partial charge is 0.360 e. The predicted molar refractivity (Wildman–Crippen MR) is 42.2 cm³/mol. The topological polar surface area (TPSA) is 21.1 Å². The van der Waals surface area contributed by atoms with Crippen LogP contribution in [0.5, 0.6) is 0 Å². The third-order valence-electron chi connectivity index (χ3n) is 1.66. The van der Waals surface area contributed by atoms with E-state index >= 15 is 0 Å². The Labute approximate surface area is 61.3 Å². The number of aromatic nitrogens is 2. The molecule has 3 heteroatoms. The molecule has 0 saturated carbocycles. The van der Waals surface area contributed by atoms with Gasteiger partial charge in [-0.25, -0.2) is 0 Å². The lowest BCUT2D eigenvalue weighted by Gasteiger charge is -2.15. The van der Waals surface area contributed by atoms with Crippen LogP contribution in [0.25, 0.3) is 0 Å². The minimum absolute atomic E-state index is 1.01. The van der Waals surface area contributed by atoms with E-state index in [0.29, 0.717) is 0 Å². The molecule has 0 spiro atoms. The standard InChI is InChI=1S/C7H13N3/c1-4-9(2)7-5-6-8-10(7)3/h5-6H,4H2,1-3H3. The molecule has 56 valence electrons. The normalized spacial score (nSPS) is 9.90. The van der Waals surface area contributed by atoms with Gasteiger partial charge in [0.2, 0.25) is 0 Å². The van der Waals surface area contributed by atoms with Crippen LogP contribution in [-0.2, 0) is 7.05 Å². The average molecular weight is 139 g/mol. The van der Waals surface area contributed by atoms with Crippen molar-refractivity contribution in [1.29, 1.82) is 0 Å². The second-order valence-electron chi connectivity index (χ2n) is 2.33. The zero-order chi connectivity index (χ0) is 7.56. The van der Waals surface area contributed by atoms with Crippen LogP contribution in [0.2, 0.25) is 0 Å². The molecule has 0 N–H and O–H groups in total. The minimum atomic E-state index is 1.01. The molecule has 0 aliphatic heterocycles. The lowest BCUT2D eigenvalue weighted by atomic mass is 10.5. The van der Waals surface area contributed by atoms with Gasteiger partial charge in [-0.15, -0.1) is 0 Å². The molecule has 0 fully saturated rings. The van der Waals surface area contributed by atoms with Crippen molar-refractivity contribution in [2.45, 2.75) is 6.92 Å². The van der Waals surface area contributed by atoms with Crippen molar-refractivity contribution in [1.82, 2.24) is 9.78 Å². The van der Waals surface area contributed by atoms with Gasteiger partial charge in [-0.05, 0) is 6.92 Å². The number of hydrogen-bond donors (Lipinski definition) is 0. The molecule has 0 aliphatic carbocycles. The molecule has 0 atom stereocenters. The van der Waals surface area contributed by atoms with Crippen molar-refractivity contribution in [2.75, 3.05) is 18.5 Å². The summed E-state index contributed by atoms with van der Waals surface area (Å²) in [6, 6.07) is 2.00. The molecule has 0 aromatic carbocycles. The number of rotatable bonds is 2. The predicted octanol–water partition coefficient (Wildman–Crippen LogP) is 0.876. The fraction of sp³-hybridized carbons (Fsp3) is 0.571. The third kappa shape index (κ3) is 1.12. The highest BCUT2D eigenvalue weighted by molar-refractivity contribution is 5.36. The van der Waals surface area contributed by atoms with Crippen molar-refractivity contribution < 1.29 is 0 Å². The molecule has 1 aromatic heterocycles. The van der Waals surface area contributed by atoms with E-state index in [2.05, 4.69) is 24.0 Å². The molecule has 10 heavy (non-hydrogen) atoms. The van der Waals surface area contributed by atoms with E-state index in [1.54, 1.807) is 0 Å². The monoisotopic (exact) mass is 139 g/mol. The molecule has 1 heterocycles. The molecule has 3 nitrogen and oxygen atoms in total. The van der Waals surface area contributed by atoms with Crippen LogP contribution >= 0.6 is 0 Å². The van der Waals surface area contributed by atoms with Crippen LogP contribution in [0.1, 0.15) is 6.92 Å². The molecule has 0 saturated heterocycles. The van der Waals surface area contributed by atoms with Crippen LogP contribution in [0, 0.1) is 0 Å². The van der Waals surface area contributed by atoms with Gasteiger partial charge in [0, 0.05) is 26.7 Å². The first-order valence-electron chi connectivity index (χ1n) is 3.45. The fourth-order valence-corrected chi connectivity index (χ4v) is 0.903. The molecular formula is C7H13N3. The van der Waals surface area contributed by atoms with E-state index in [-0.39, 0.29) is 0 Å². The van der Waals surface area contributed by atoms with E-state index in [1.165, 1.54) is 0 Å². The highest BCUT2D eigenvalue weighted by Gasteiger charge is 2.00. The van der Waals surface area contributed by atoms with Gasteiger partial charge in [0.05, 0.1) is 6.20 Å². The summed E-state index contributed by atoms with van der Waals surface area (Å²) in [4.78, 5) is 2.15. The molecule has 0 radical (unpaired) electrons. The van der Waals surface area contributed by atoms with Crippen molar-refractivity contribution in [3.05, 3.63) is 12.3 Å². The van der Waals surface area contributed by atoms with Gasteiger partial charge in [0.15, 0.2) is 0 Å². The Bertz CT molecular complexity index is 204. The maximum absolute atomic E-state index is 4.06. The average Bonchev–Trinajstić information content (AvgIpc) is 2.34. The number of nitrogens with zero attached hydrogens (tertiary/aromatic N) is 3. The van der Waals surface area contributed by atoms with E-state index in [9.17, 15) is 0 Å². The quantitative estimate of drug-likeness (QED) is 0.606. The number of anilines is 1. The van der Waals surface area contributed by atoms with Gasteiger partial charge >= 0.3 is 0 Å². The summed E-state index contributed by atoms with van der Waals surface area (Å²) >= 11 is 0. The van der Waals surface area contributed by atoms with E-state index in [1.807, 2.05) is 24.0 Å². The Morgan fingerprint density at radius 2 is 2.40 bits per heavy atom. The molecule has 1 aromatic rings. The van der Waals surface area contributed by atoms with Crippen LogP contribution in [0.4, 0.5) is 5.82 Å². The molecule has 0 aliphatic rings. The first-order valence-corrected chi connectivity index (χ1v) is 3.45. The Morgan fingerprint density at radius 3 is 2.80 bits per heavy atom. The molecular weight excluding hydrogens is 126 g/mol. The second-order valence-corrected chi connectivity index (χ2v) is 2.33. The van der Waals surface area contributed by atoms with Gasteiger partial charge < -0.3 is 4.90 Å². The van der Waals surface area contributed by atoms with E-state index in [0.717, 1.165) is 12.4 Å². The second kappa shape index (κ2) is 2.73. The van der Waals surface area contributed by atoms with Crippen molar-refractivity contribution >= 4 is 5.82 Å². The summed E-state index contributed by atoms with van der Waals surface area (Å²) < 4.78 is 1.86. The highest BCUT2D eigenvalue weighted by Crippen LogP contribution is 2.07. The van der Waals surface area contributed by atoms with Gasteiger partial charge in [-0.2, -0.15) is 5.10 Å². The maximum Gasteiger partial charge on any atom is 0.126 e. The lowest BCUT2D eigenvalue weighted by Crippen LogP contribution is -2.18. The van der Waals surface area contributed by atoms with Gasteiger partial charge in [0.25, 0.3) is 0 Å². The summed E-state index contributed by atoms with van der Waals surface area (Å²) in [5.74, 6) is 1.16. The first kappa shape index (κ1) is 7.12. The number of hydrogen-bond acceptors (Lipinski definition) is 2. The van der Waals surface area contributed by atoms with Crippen LogP contribution < -0.4 is 4.90 Å². The summed E-state index contributed by atoms with van der Waals surface area (Å²) in [5, 5.41) is 4.06. The Morgan fingerprint density at radius 1 is 1.70 bits per heavy atom.